The highest BCUT2D eigenvalue weighted by Crippen LogP contribution is 2.36. The number of rotatable bonds is 6. The fraction of sp³-hybridized carbons (Fsp3) is 0.579. The van der Waals surface area contributed by atoms with Gasteiger partial charge in [0.05, 0.1) is 5.02 Å². The van der Waals surface area contributed by atoms with E-state index >= 15 is 0 Å². The van der Waals surface area contributed by atoms with Gasteiger partial charge in [0.2, 0.25) is 0 Å². The third-order valence-electron chi connectivity index (χ3n) is 5.07. The first-order valence-electron chi connectivity index (χ1n) is 9.05. The van der Waals surface area contributed by atoms with Crippen LogP contribution in [0.1, 0.15) is 19.4 Å². The van der Waals surface area contributed by atoms with Gasteiger partial charge in [0, 0.05) is 55.9 Å². The van der Waals surface area contributed by atoms with E-state index in [4.69, 9.17) is 27.9 Å². The first-order chi connectivity index (χ1) is 12.1. The highest BCUT2D eigenvalue weighted by molar-refractivity contribution is 6.36. The zero-order valence-electron chi connectivity index (χ0n) is 15.0. The zero-order valence-corrected chi connectivity index (χ0v) is 16.5. The molecule has 2 aliphatic rings. The number of benzene rings is 1. The molecule has 0 spiro atoms. The molecule has 0 amide bonds. The van der Waals surface area contributed by atoms with Crippen molar-refractivity contribution in [3.05, 3.63) is 33.3 Å². The Morgan fingerprint density at radius 2 is 1.96 bits per heavy atom. The maximum atomic E-state index is 6.18. The van der Waals surface area contributed by atoms with Crippen molar-refractivity contribution in [1.29, 1.82) is 0 Å². The predicted molar refractivity (Wildman–Crippen MR) is 106 cm³/mol. The van der Waals surface area contributed by atoms with Crippen molar-refractivity contribution in [2.24, 2.45) is 0 Å². The molecule has 25 heavy (non-hydrogen) atoms. The SMILES string of the molecule is CCN1CCN(C(C)CNCC2=Cc3cc(Cl)cc(Cl)c3OC2)CC1. The highest BCUT2D eigenvalue weighted by Gasteiger charge is 2.20. The quantitative estimate of drug-likeness (QED) is 0.814. The van der Waals surface area contributed by atoms with E-state index in [0.29, 0.717) is 22.7 Å². The third kappa shape index (κ3) is 4.89. The van der Waals surface area contributed by atoms with Crippen LogP contribution in [-0.4, -0.2) is 68.3 Å². The van der Waals surface area contributed by atoms with Crippen molar-refractivity contribution in [2.45, 2.75) is 19.9 Å². The molecule has 1 aromatic rings. The lowest BCUT2D eigenvalue weighted by atomic mass is 10.1. The summed E-state index contributed by atoms with van der Waals surface area (Å²) in [4.78, 5) is 5.08. The number of hydrogen-bond acceptors (Lipinski definition) is 4. The van der Waals surface area contributed by atoms with E-state index in [1.807, 2.05) is 6.07 Å². The normalized spacial score (nSPS) is 19.9. The van der Waals surface area contributed by atoms with Gasteiger partial charge in [0.1, 0.15) is 12.4 Å². The van der Waals surface area contributed by atoms with Crippen LogP contribution >= 0.6 is 23.2 Å². The van der Waals surface area contributed by atoms with Crippen molar-refractivity contribution >= 4 is 29.3 Å². The summed E-state index contributed by atoms with van der Waals surface area (Å²) in [6.07, 6.45) is 2.13. The summed E-state index contributed by atoms with van der Waals surface area (Å²) in [5, 5.41) is 4.78. The van der Waals surface area contributed by atoms with Gasteiger partial charge in [0.25, 0.3) is 0 Å². The molecule has 0 radical (unpaired) electrons. The van der Waals surface area contributed by atoms with Crippen LogP contribution in [0.5, 0.6) is 5.75 Å². The second-order valence-electron chi connectivity index (χ2n) is 6.85. The number of ether oxygens (including phenoxy) is 1. The first-order valence-corrected chi connectivity index (χ1v) is 9.81. The minimum Gasteiger partial charge on any atom is -0.487 e. The molecule has 4 nitrogen and oxygen atoms in total. The van der Waals surface area contributed by atoms with Gasteiger partial charge < -0.3 is 15.0 Å². The zero-order chi connectivity index (χ0) is 17.8. The van der Waals surface area contributed by atoms with Crippen molar-refractivity contribution < 1.29 is 4.74 Å². The monoisotopic (exact) mass is 383 g/mol. The average Bonchev–Trinajstić information content (AvgIpc) is 2.61. The standard InChI is InChI=1S/C19H27Cl2N3O/c1-3-23-4-6-24(7-5-23)14(2)11-22-12-15-8-16-9-17(20)10-18(21)19(16)25-13-15/h8-10,14,22H,3-7,11-13H2,1-2H3. The summed E-state index contributed by atoms with van der Waals surface area (Å²) in [6.45, 7) is 12.7. The van der Waals surface area contributed by atoms with E-state index in [9.17, 15) is 0 Å². The van der Waals surface area contributed by atoms with Crippen LogP contribution < -0.4 is 10.1 Å². The van der Waals surface area contributed by atoms with Crippen LogP contribution in [0.3, 0.4) is 0 Å². The summed E-state index contributed by atoms with van der Waals surface area (Å²) in [5.74, 6) is 0.733. The van der Waals surface area contributed by atoms with E-state index in [-0.39, 0.29) is 0 Å². The molecule has 1 atom stereocenters. The van der Waals surface area contributed by atoms with E-state index in [1.165, 1.54) is 18.7 Å². The Morgan fingerprint density at radius 1 is 1.20 bits per heavy atom. The molecule has 0 aliphatic carbocycles. The van der Waals surface area contributed by atoms with Crippen LogP contribution in [0.4, 0.5) is 0 Å². The molecule has 1 N–H and O–H groups in total. The van der Waals surface area contributed by atoms with Gasteiger partial charge in [-0.2, -0.15) is 0 Å². The van der Waals surface area contributed by atoms with Gasteiger partial charge in [-0.3, -0.25) is 4.90 Å². The summed E-state index contributed by atoms with van der Waals surface area (Å²) in [6, 6.07) is 4.16. The lowest BCUT2D eigenvalue weighted by Crippen LogP contribution is -2.51. The fourth-order valence-corrected chi connectivity index (χ4v) is 4.02. The van der Waals surface area contributed by atoms with Gasteiger partial charge in [-0.15, -0.1) is 0 Å². The van der Waals surface area contributed by atoms with Crippen molar-refractivity contribution in [3.63, 3.8) is 0 Å². The molecule has 0 bridgehead atoms. The maximum absolute atomic E-state index is 6.18. The molecule has 2 heterocycles. The lowest BCUT2D eigenvalue weighted by Gasteiger charge is -2.37. The molecule has 138 valence electrons. The van der Waals surface area contributed by atoms with Crippen LogP contribution in [-0.2, 0) is 0 Å². The largest absolute Gasteiger partial charge is 0.487 e. The molecule has 2 aliphatic heterocycles. The molecule has 1 fully saturated rings. The molecule has 1 saturated heterocycles. The number of hydrogen-bond donors (Lipinski definition) is 1. The summed E-state index contributed by atoms with van der Waals surface area (Å²) < 4.78 is 5.81. The van der Waals surface area contributed by atoms with Gasteiger partial charge in [-0.05, 0) is 37.3 Å². The number of nitrogens with one attached hydrogen (secondary N) is 1. The Kier molecular flexibility index (Phi) is 6.64. The molecule has 1 unspecified atom stereocenters. The van der Waals surface area contributed by atoms with Gasteiger partial charge in [-0.25, -0.2) is 0 Å². The number of likely N-dealkylation sites (N-methyl/N-ethyl adjacent to an activating group) is 1. The molecular formula is C19H27Cl2N3O. The molecule has 0 aromatic heterocycles. The van der Waals surface area contributed by atoms with Crippen LogP contribution in [0.25, 0.3) is 6.08 Å². The Morgan fingerprint density at radius 3 is 2.68 bits per heavy atom. The number of halogens is 2. The Hall–Kier alpha value is -0.780. The highest BCUT2D eigenvalue weighted by atomic mass is 35.5. The molecule has 6 heteroatoms. The van der Waals surface area contributed by atoms with E-state index in [1.54, 1.807) is 6.07 Å². The van der Waals surface area contributed by atoms with Gasteiger partial charge >= 0.3 is 0 Å². The molecular weight excluding hydrogens is 357 g/mol. The average molecular weight is 384 g/mol. The number of piperazine rings is 1. The van der Waals surface area contributed by atoms with Crippen LogP contribution in [0.15, 0.2) is 17.7 Å². The minimum atomic E-state index is 0.542. The van der Waals surface area contributed by atoms with E-state index in [2.05, 4.69) is 35.0 Å². The third-order valence-corrected chi connectivity index (χ3v) is 5.57. The summed E-state index contributed by atoms with van der Waals surface area (Å²) in [7, 11) is 0. The predicted octanol–water partition coefficient (Wildman–Crippen LogP) is 3.38. The van der Waals surface area contributed by atoms with Crippen molar-refractivity contribution in [2.75, 3.05) is 52.4 Å². The number of fused-ring (bicyclic) bond motifs is 1. The number of nitrogens with zero attached hydrogens (tertiary/aromatic N) is 2. The van der Waals surface area contributed by atoms with Crippen molar-refractivity contribution in [1.82, 2.24) is 15.1 Å². The van der Waals surface area contributed by atoms with Crippen LogP contribution in [0, 0.1) is 0 Å². The Balaban J connectivity index is 1.48. The maximum Gasteiger partial charge on any atom is 0.145 e. The molecule has 1 aromatic carbocycles. The van der Waals surface area contributed by atoms with E-state index in [0.717, 1.165) is 44.0 Å². The Bertz CT molecular complexity index is 627. The fourth-order valence-electron chi connectivity index (χ4n) is 3.46. The molecule has 0 saturated carbocycles. The minimum absolute atomic E-state index is 0.542. The second kappa shape index (κ2) is 8.74. The van der Waals surface area contributed by atoms with Crippen LogP contribution in [0.2, 0.25) is 10.0 Å². The summed E-state index contributed by atoms with van der Waals surface area (Å²) >= 11 is 12.3. The van der Waals surface area contributed by atoms with Gasteiger partial charge in [0.15, 0.2) is 0 Å². The second-order valence-corrected chi connectivity index (χ2v) is 7.69. The molecule has 3 rings (SSSR count). The van der Waals surface area contributed by atoms with E-state index < -0.39 is 0 Å². The first kappa shape index (κ1) is 19.0. The van der Waals surface area contributed by atoms with Crippen molar-refractivity contribution in [3.8, 4) is 5.75 Å². The lowest BCUT2D eigenvalue weighted by molar-refractivity contribution is 0.105. The topological polar surface area (TPSA) is 27.7 Å². The van der Waals surface area contributed by atoms with Gasteiger partial charge in [-0.1, -0.05) is 30.1 Å². The smallest absolute Gasteiger partial charge is 0.145 e. The Labute approximate surface area is 160 Å². The summed E-state index contributed by atoms with van der Waals surface area (Å²) in [5.41, 5.74) is 2.18.